The summed E-state index contributed by atoms with van der Waals surface area (Å²) in [5.41, 5.74) is 2.99. The summed E-state index contributed by atoms with van der Waals surface area (Å²) in [7, 11) is 0. The van der Waals surface area contributed by atoms with Crippen molar-refractivity contribution < 1.29 is 14.1 Å². The van der Waals surface area contributed by atoms with Crippen molar-refractivity contribution in [2.45, 2.75) is 26.7 Å². The predicted molar refractivity (Wildman–Crippen MR) is 123 cm³/mol. The van der Waals surface area contributed by atoms with Gasteiger partial charge in [0, 0.05) is 44.7 Å². The zero-order valence-corrected chi connectivity index (χ0v) is 19.2. The number of hydrogen-bond acceptors (Lipinski definition) is 7. The van der Waals surface area contributed by atoms with Gasteiger partial charge in [0.15, 0.2) is 0 Å². The van der Waals surface area contributed by atoms with Crippen molar-refractivity contribution in [3.05, 3.63) is 52.7 Å². The van der Waals surface area contributed by atoms with Crippen LogP contribution in [0.4, 0.5) is 5.69 Å². The number of aryl methyl sites for hydroxylation is 3. The monoisotopic (exact) mass is 453 g/mol. The lowest BCUT2D eigenvalue weighted by Gasteiger charge is -2.34. The largest absolute Gasteiger partial charge is 0.340 e. The molecule has 8 nitrogen and oxygen atoms in total. The van der Waals surface area contributed by atoms with E-state index in [1.165, 1.54) is 0 Å². The van der Waals surface area contributed by atoms with Gasteiger partial charge < -0.3 is 14.7 Å². The molecular formula is C23H27N5O3S. The molecule has 1 saturated heterocycles. The van der Waals surface area contributed by atoms with E-state index in [4.69, 9.17) is 4.52 Å². The normalized spacial score (nSPS) is 14.5. The van der Waals surface area contributed by atoms with Crippen LogP contribution in [0.25, 0.3) is 10.7 Å². The van der Waals surface area contributed by atoms with Crippen LogP contribution in [0.3, 0.4) is 0 Å². The van der Waals surface area contributed by atoms with Crippen LogP contribution in [0.2, 0.25) is 0 Å². The minimum Gasteiger partial charge on any atom is -0.340 e. The first-order chi connectivity index (χ1) is 15.5. The molecule has 1 aromatic carbocycles. The minimum absolute atomic E-state index is 0.0277. The van der Waals surface area contributed by atoms with Crippen LogP contribution in [0.1, 0.15) is 23.4 Å². The van der Waals surface area contributed by atoms with Crippen molar-refractivity contribution in [2.24, 2.45) is 0 Å². The van der Waals surface area contributed by atoms with Crippen molar-refractivity contribution in [3.8, 4) is 10.7 Å². The van der Waals surface area contributed by atoms with Crippen molar-refractivity contribution in [2.75, 3.05) is 38.0 Å². The molecular weight excluding hydrogens is 426 g/mol. The Kier molecular flexibility index (Phi) is 6.96. The molecule has 3 heterocycles. The Morgan fingerprint density at radius 2 is 1.84 bits per heavy atom. The van der Waals surface area contributed by atoms with Crippen LogP contribution in [0.15, 0.2) is 40.2 Å². The summed E-state index contributed by atoms with van der Waals surface area (Å²) in [5.74, 6) is 1.08. The number of benzene rings is 1. The third-order valence-electron chi connectivity index (χ3n) is 5.60. The predicted octanol–water partition coefficient (Wildman–Crippen LogP) is 3.13. The minimum atomic E-state index is -0.0277. The van der Waals surface area contributed by atoms with E-state index >= 15 is 0 Å². The molecule has 1 aliphatic heterocycles. The molecule has 2 aromatic heterocycles. The number of aromatic nitrogens is 2. The highest BCUT2D eigenvalue weighted by molar-refractivity contribution is 7.13. The second kappa shape index (κ2) is 10.1. The fourth-order valence-corrected chi connectivity index (χ4v) is 4.43. The summed E-state index contributed by atoms with van der Waals surface area (Å²) in [6.07, 6.45) is 0.759. The second-order valence-corrected chi connectivity index (χ2v) is 8.91. The maximum Gasteiger partial charge on any atom is 0.238 e. The molecule has 0 saturated carbocycles. The third kappa shape index (κ3) is 5.41. The summed E-state index contributed by atoms with van der Waals surface area (Å²) < 4.78 is 5.27. The number of amides is 2. The molecule has 168 valence electrons. The second-order valence-electron chi connectivity index (χ2n) is 7.96. The van der Waals surface area contributed by atoms with Crippen LogP contribution < -0.4 is 5.32 Å². The van der Waals surface area contributed by atoms with Gasteiger partial charge in [-0.05, 0) is 36.4 Å². The summed E-state index contributed by atoms with van der Waals surface area (Å²) in [6.45, 7) is 6.88. The number of para-hydroxylation sites is 1. The van der Waals surface area contributed by atoms with Crippen molar-refractivity contribution in [1.29, 1.82) is 0 Å². The molecule has 0 bridgehead atoms. The van der Waals surface area contributed by atoms with Crippen molar-refractivity contribution >= 4 is 28.8 Å². The Morgan fingerprint density at radius 3 is 2.53 bits per heavy atom. The van der Waals surface area contributed by atoms with Gasteiger partial charge in [0.2, 0.25) is 23.5 Å². The summed E-state index contributed by atoms with van der Waals surface area (Å²) in [6, 6.07) is 9.84. The number of nitrogens with one attached hydrogen (secondary N) is 1. The van der Waals surface area contributed by atoms with Crippen molar-refractivity contribution in [3.63, 3.8) is 0 Å². The Hall–Kier alpha value is -3.04. The fraction of sp³-hybridized carbons (Fsp3) is 0.391. The molecule has 1 fully saturated rings. The summed E-state index contributed by atoms with van der Waals surface area (Å²) in [5, 5.41) is 8.97. The molecule has 3 aromatic rings. The number of carbonyl (C=O) groups is 2. The van der Waals surface area contributed by atoms with Gasteiger partial charge in [-0.1, -0.05) is 29.4 Å². The quantitative estimate of drug-likeness (QED) is 0.591. The van der Waals surface area contributed by atoms with E-state index in [9.17, 15) is 9.59 Å². The Morgan fingerprint density at radius 1 is 1.09 bits per heavy atom. The van der Waals surface area contributed by atoms with Crippen LogP contribution >= 0.6 is 11.3 Å². The van der Waals surface area contributed by atoms with Gasteiger partial charge in [-0.25, -0.2) is 0 Å². The maximum atomic E-state index is 12.6. The van der Waals surface area contributed by atoms with Gasteiger partial charge in [-0.2, -0.15) is 4.98 Å². The highest BCUT2D eigenvalue weighted by Crippen LogP contribution is 2.22. The molecule has 0 spiro atoms. The van der Waals surface area contributed by atoms with Gasteiger partial charge in [0.1, 0.15) is 0 Å². The van der Waals surface area contributed by atoms with Gasteiger partial charge in [-0.15, -0.1) is 11.3 Å². The van der Waals surface area contributed by atoms with E-state index < -0.39 is 0 Å². The summed E-state index contributed by atoms with van der Waals surface area (Å²) >= 11 is 1.55. The molecule has 32 heavy (non-hydrogen) atoms. The molecule has 0 unspecified atom stereocenters. The molecule has 4 rings (SSSR count). The molecule has 0 aliphatic carbocycles. The number of carbonyl (C=O) groups excluding carboxylic acids is 2. The van der Waals surface area contributed by atoms with Crippen LogP contribution in [-0.4, -0.2) is 64.5 Å². The van der Waals surface area contributed by atoms with Crippen molar-refractivity contribution in [1.82, 2.24) is 19.9 Å². The first-order valence-corrected chi connectivity index (χ1v) is 11.6. The van der Waals surface area contributed by atoms with E-state index in [0.717, 1.165) is 21.7 Å². The standard InChI is InChI=1S/C23H27N5O3S/c1-16-5-3-6-17(2)22(16)24-19(29)15-27-10-12-28(13-11-27)21(30)9-8-20-25-23(26-31-20)18-7-4-14-32-18/h3-7,14H,8-13,15H2,1-2H3,(H,24,29). The number of anilines is 1. The van der Waals surface area contributed by atoms with Crippen LogP contribution in [0, 0.1) is 13.8 Å². The third-order valence-corrected chi connectivity index (χ3v) is 6.47. The average Bonchev–Trinajstić information content (AvgIpc) is 3.47. The van der Waals surface area contributed by atoms with Gasteiger partial charge in [0.05, 0.1) is 11.4 Å². The maximum absolute atomic E-state index is 12.6. The molecule has 0 radical (unpaired) electrons. The number of thiophene rings is 1. The molecule has 1 N–H and O–H groups in total. The highest BCUT2D eigenvalue weighted by atomic mass is 32.1. The van der Waals surface area contributed by atoms with E-state index in [1.54, 1.807) is 11.3 Å². The lowest BCUT2D eigenvalue weighted by molar-refractivity contribution is -0.133. The average molecular weight is 454 g/mol. The zero-order valence-electron chi connectivity index (χ0n) is 18.3. The van der Waals surface area contributed by atoms with E-state index in [0.29, 0.717) is 57.3 Å². The molecule has 1 aliphatic rings. The van der Waals surface area contributed by atoms with E-state index in [1.807, 2.05) is 54.5 Å². The SMILES string of the molecule is Cc1cccc(C)c1NC(=O)CN1CCN(C(=O)CCc2nc(-c3cccs3)no2)CC1. The number of rotatable bonds is 7. The Labute approximate surface area is 191 Å². The molecule has 9 heteroatoms. The van der Waals surface area contributed by atoms with E-state index in [-0.39, 0.29) is 11.8 Å². The smallest absolute Gasteiger partial charge is 0.238 e. The van der Waals surface area contributed by atoms with Gasteiger partial charge in [0.25, 0.3) is 0 Å². The Balaban J connectivity index is 1.20. The zero-order chi connectivity index (χ0) is 22.5. The number of nitrogens with zero attached hydrogens (tertiary/aromatic N) is 4. The molecule has 2 amide bonds. The lowest BCUT2D eigenvalue weighted by atomic mass is 10.1. The highest BCUT2D eigenvalue weighted by Gasteiger charge is 2.23. The van der Waals surface area contributed by atoms with Crippen LogP contribution in [0.5, 0.6) is 0 Å². The topological polar surface area (TPSA) is 91.6 Å². The Bertz CT molecular complexity index is 1050. The first-order valence-electron chi connectivity index (χ1n) is 10.7. The lowest BCUT2D eigenvalue weighted by Crippen LogP contribution is -2.50. The number of hydrogen-bond donors (Lipinski definition) is 1. The van der Waals surface area contributed by atoms with Crippen LogP contribution in [-0.2, 0) is 16.0 Å². The molecule has 0 atom stereocenters. The fourth-order valence-electron chi connectivity index (χ4n) is 3.78. The van der Waals surface area contributed by atoms with Gasteiger partial charge in [-0.3, -0.25) is 14.5 Å². The number of piperazine rings is 1. The van der Waals surface area contributed by atoms with Gasteiger partial charge >= 0.3 is 0 Å². The van der Waals surface area contributed by atoms with E-state index in [2.05, 4.69) is 20.4 Å². The first kappa shape index (κ1) is 22.2. The summed E-state index contributed by atoms with van der Waals surface area (Å²) in [4.78, 5) is 34.3.